The Morgan fingerprint density at radius 3 is 2.88 bits per heavy atom. The first-order chi connectivity index (χ1) is 8.33. The van der Waals surface area contributed by atoms with E-state index < -0.39 is 0 Å². The molecule has 84 valence electrons. The van der Waals surface area contributed by atoms with Crippen molar-refractivity contribution in [3.63, 3.8) is 0 Å². The van der Waals surface area contributed by atoms with E-state index in [1.807, 2.05) is 18.3 Å². The summed E-state index contributed by atoms with van der Waals surface area (Å²) in [5, 5.41) is 0. The number of carbonyl (C=O) groups is 1. The third-order valence-corrected chi connectivity index (χ3v) is 3.23. The van der Waals surface area contributed by atoms with E-state index in [0.717, 1.165) is 18.4 Å². The molecule has 1 heterocycles. The standard InChI is InChI=1S/C15H13NO/c17-15-6-5-13-4-3-11(9-14(13)15)8-12-2-1-7-16-10-12/h1-4,7,9-10H,5-6,8H2. The van der Waals surface area contributed by atoms with Crippen LogP contribution in [0.5, 0.6) is 0 Å². The molecule has 0 atom stereocenters. The van der Waals surface area contributed by atoms with Crippen LogP contribution >= 0.6 is 0 Å². The average molecular weight is 223 g/mol. The maximum atomic E-state index is 11.7. The fourth-order valence-electron chi connectivity index (χ4n) is 2.33. The van der Waals surface area contributed by atoms with E-state index in [4.69, 9.17) is 0 Å². The van der Waals surface area contributed by atoms with Gasteiger partial charge in [0.1, 0.15) is 0 Å². The van der Waals surface area contributed by atoms with Crippen LogP contribution < -0.4 is 0 Å². The number of benzene rings is 1. The third kappa shape index (κ3) is 1.98. The molecule has 0 saturated carbocycles. The number of rotatable bonds is 2. The summed E-state index contributed by atoms with van der Waals surface area (Å²) in [7, 11) is 0. The van der Waals surface area contributed by atoms with Gasteiger partial charge in [-0.25, -0.2) is 0 Å². The first kappa shape index (κ1) is 10.2. The number of Topliss-reactive ketones (excluding diaryl/α,β-unsaturated/α-hetero) is 1. The SMILES string of the molecule is O=C1CCc2ccc(Cc3cccnc3)cc21. The molecule has 0 bridgehead atoms. The van der Waals surface area contributed by atoms with E-state index >= 15 is 0 Å². The van der Waals surface area contributed by atoms with Gasteiger partial charge >= 0.3 is 0 Å². The summed E-state index contributed by atoms with van der Waals surface area (Å²) in [6.45, 7) is 0. The summed E-state index contributed by atoms with van der Waals surface area (Å²) < 4.78 is 0. The molecule has 1 aromatic heterocycles. The molecule has 2 heteroatoms. The second-order valence-corrected chi connectivity index (χ2v) is 4.45. The van der Waals surface area contributed by atoms with Crippen molar-refractivity contribution in [2.75, 3.05) is 0 Å². The molecule has 0 unspecified atom stereocenters. The Hall–Kier alpha value is -1.96. The third-order valence-electron chi connectivity index (χ3n) is 3.23. The van der Waals surface area contributed by atoms with Crippen molar-refractivity contribution in [3.05, 3.63) is 65.0 Å². The smallest absolute Gasteiger partial charge is 0.163 e. The highest BCUT2D eigenvalue weighted by atomic mass is 16.1. The van der Waals surface area contributed by atoms with Gasteiger partial charge in [0, 0.05) is 24.4 Å². The minimum Gasteiger partial charge on any atom is -0.294 e. The van der Waals surface area contributed by atoms with Crippen LogP contribution in [0.15, 0.2) is 42.7 Å². The first-order valence-corrected chi connectivity index (χ1v) is 5.87. The molecule has 0 aliphatic heterocycles. The molecular weight excluding hydrogens is 210 g/mol. The second kappa shape index (κ2) is 4.13. The number of ketones is 1. The fraction of sp³-hybridized carbons (Fsp3) is 0.200. The molecule has 2 aromatic rings. The van der Waals surface area contributed by atoms with Gasteiger partial charge in [-0.15, -0.1) is 0 Å². The topological polar surface area (TPSA) is 30.0 Å². The monoisotopic (exact) mass is 223 g/mol. The molecule has 0 fully saturated rings. The van der Waals surface area contributed by atoms with Crippen LogP contribution in [0.4, 0.5) is 0 Å². The summed E-state index contributed by atoms with van der Waals surface area (Å²) in [5.74, 6) is 0.285. The molecule has 1 aromatic carbocycles. The van der Waals surface area contributed by atoms with Gasteiger partial charge in [0.2, 0.25) is 0 Å². The van der Waals surface area contributed by atoms with E-state index in [1.54, 1.807) is 6.20 Å². The largest absolute Gasteiger partial charge is 0.294 e. The molecule has 1 aliphatic carbocycles. The molecule has 0 amide bonds. The van der Waals surface area contributed by atoms with Gasteiger partial charge in [0.05, 0.1) is 0 Å². The molecule has 2 nitrogen and oxygen atoms in total. The van der Waals surface area contributed by atoms with Crippen LogP contribution in [-0.2, 0) is 12.8 Å². The number of hydrogen-bond acceptors (Lipinski definition) is 2. The number of nitrogens with zero attached hydrogens (tertiary/aromatic N) is 1. The minimum atomic E-state index is 0.285. The van der Waals surface area contributed by atoms with Crippen molar-refractivity contribution in [1.29, 1.82) is 0 Å². The van der Waals surface area contributed by atoms with Gasteiger partial charge in [-0.05, 0) is 41.7 Å². The number of aryl methyl sites for hydroxylation is 1. The zero-order valence-corrected chi connectivity index (χ0v) is 9.52. The number of carbonyl (C=O) groups excluding carboxylic acids is 1. The summed E-state index contributed by atoms with van der Waals surface area (Å²) in [6, 6.07) is 10.2. The number of aromatic nitrogens is 1. The van der Waals surface area contributed by atoms with Gasteiger partial charge < -0.3 is 0 Å². The lowest BCUT2D eigenvalue weighted by atomic mass is 10.0. The molecule has 0 N–H and O–H groups in total. The zero-order valence-electron chi connectivity index (χ0n) is 9.52. The molecule has 0 radical (unpaired) electrons. The Morgan fingerprint density at radius 2 is 2.06 bits per heavy atom. The van der Waals surface area contributed by atoms with Crippen LogP contribution in [0.2, 0.25) is 0 Å². The maximum absolute atomic E-state index is 11.7. The minimum absolute atomic E-state index is 0.285. The quantitative estimate of drug-likeness (QED) is 0.783. The van der Waals surface area contributed by atoms with Crippen molar-refractivity contribution in [1.82, 2.24) is 4.98 Å². The number of pyridine rings is 1. The van der Waals surface area contributed by atoms with E-state index in [-0.39, 0.29) is 5.78 Å². The highest BCUT2D eigenvalue weighted by Gasteiger charge is 2.19. The molecule has 3 rings (SSSR count). The van der Waals surface area contributed by atoms with Crippen molar-refractivity contribution < 1.29 is 4.79 Å². The van der Waals surface area contributed by atoms with Crippen molar-refractivity contribution in [2.45, 2.75) is 19.3 Å². The van der Waals surface area contributed by atoms with Gasteiger partial charge in [0.15, 0.2) is 5.78 Å². The predicted molar refractivity (Wildman–Crippen MR) is 66.1 cm³/mol. The summed E-state index contributed by atoms with van der Waals surface area (Å²) >= 11 is 0. The van der Waals surface area contributed by atoms with Crippen molar-refractivity contribution in [2.24, 2.45) is 0 Å². The van der Waals surface area contributed by atoms with E-state index in [0.29, 0.717) is 6.42 Å². The number of fused-ring (bicyclic) bond motifs is 1. The van der Waals surface area contributed by atoms with Crippen LogP contribution in [0.1, 0.15) is 33.5 Å². The maximum Gasteiger partial charge on any atom is 0.163 e. The fourth-order valence-corrected chi connectivity index (χ4v) is 2.33. The van der Waals surface area contributed by atoms with Gasteiger partial charge in [-0.3, -0.25) is 9.78 Å². The Kier molecular flexibility index (Phi) is 2.48. The molecule has 1 aliphatic rings. The Morgan fingerprint density at radius 1 is 1.12 bits per heavy atom. The Bertz CT molecular complexity index is 560. The second-order valence-electron chi connectivity index (χ2n) is 4.45. The Balaban J connectivity index is 1.90. The van der Waals surface area contributed by atoms with Gasteiger partial charge in [-0.1, -0.05) is 18.2 Å². The zero-order chi connectivity index (χ0) is 11.7. The highest BCUT2D eigenvalue weighted by molar-refractivity contribution is 6.00. The van der Waals surface area contributed by atoms with Gasteiger partial charge in [0.25, 0.3) is 0 Å². The lowest BCUT2D eigenvalue weighted by Gasteiger charge is -2.04. The summed E-state index contributed by atoms with van der Waals surface area (Å²) in [5.41, 5.74) is 4.49. The predicted octanol–water partition coefficient (Wildman–Crippen LogP) is 2.80. The molecule has 17 heavy (non-hydrogen) atoms. The van der Waals surface area contributed by atoms with E-state index in [2.05, 4.69) is 23.2 Å². The molecule has 0 spiro atoms. The molecule has 0 saturated heterocycles. The summed E-state index contributed by atoms with van der Waals surface area (Å²) in [4.78, 5) is 15.8. The lowest BCUT2D eigenvalue weighted by molar-refractivity contribution is 0.0994. The average Bonchev–Trinajstić information content (AvgIpc) is 2.73. The van der Waals surface area contributed by atoms with Crippen LogP contribution in [0.3, 0.4) is 0 Å². The molecular formula is C15H13NO. The van der Waals surface area contributed by atoms with Crippen LogP contribution in [0.25, 0.3) is 0 Å². The lowest BCUT2D eigenvalue weighted by Crippen LogP contribution is -1.95. The first-order valence-electron chi connectivity index (χ1n) is 5.87. The van der Waals surface area contributed by atoms with Gasteiger partial charge in [-0.2, -0.15) is 0 Å². The van der Waals surface area contributed by atoms with Crippen molar-refractivity contribution >= 4 is 5.78 Å². The van der Waals surface area contributed by atoms with E-state index in [1.165, 1.54) is 16.7 Å². The normalized spacial score (nSPS) is 13.8. The summed E-state index contributed by atoms with van der Waals surface area (Å²) in [6.07, 6.45) is 6.06. The number of hydrogen-bond donors (Lipinski definition) is 0. The van der Waals surface area contributed by atoms with Crippen LogP contribution in [-0.4, -0.2) is 10.8 Å². The Labute approximate surface area is 100 Å². The van der Waals surface area contributed by atoms with Crippen LogP contribution in [0, 0.1) is 0 Å². The highest BCUT2D eigenvalue weighted by Crippen LogP contribution is 2.23. The van der Waals surface area contributed by atoms with Crippen molar-refractivity contribution in [3.8, 4) is 0 Å². The van der Waals surface area contributed by atoms with E-state index in [9.17, 15) is 4.79 Å².